The maximum absolute atomic E-state index is 11.7. The summed E-state index contributed by atoms with van der Waals surface area (Å²) in [7, 11) is 0. The zero-order valence-electron chi connectivity index (χ0n) is 11.3. The van der Waals surface area contributed by atoms with E-state index in [1.807, 2.05) is 12.1 Å². The van der Waals surface area contributed by atoms with E-state index >= 15 is 0 Å². The van der Waals surface area contributed by atoms with Gasteiger partial charge in [-0.2, -0.15) is 0 Å². The van der Waals surface area contributed by atoms with Crippen LogP contribution in [0.5, 0.6) is 0 Å². The summed E-state index contributed by atoms with van der Waals surface area (Å²) in [6.45, 7) is 0.0734. The first-order chi connectivity index (χ1) is 10.3. The molecule has 5 heteroatoms. The third kappa shape index (κ3) is 4.91. The summed E-state index contributed by atoms with van der Waals surface area (Å²) >= 11 is 0. The van der Waals surface area contributed by atoms with Crippen molar-refractivity contribution in [2.45, 2.75) is 0 Å². The van der Waals surface area contributed by atoms with Crippen molar-refractivity contribution in [3.8, 4) is 0 Å². The van der Waals surface area contributed by atoms with E-state index in [9.17, 15) is 9.59 Å². The van der Waals surface area contributed by atoms with Gasteiger partial charge < -0.3 is 10.6 Å². The predicted molar refractivity (Wildman–Crippen MR) is 80.2 cm³/mol. The fourth-order valence-corrected chi connectivity index (χ4v) is 1.61. The van der Waals surface area contributed by atoms with Gasteiger partial charge in [0.2, 0.25) is 5.91 Å². The van der Waals surface area contributed by atoms with Gasteiger partial charge in [-0.25, -0.2) is 0 Å². The van der Waals surface area contributed by atoms with E-state index in [4.69, 9.17) is 0 Å². The van der Waals surface area contributed by atoms with E-state index in [0.717, 1.165) is 5.56 Å². The van der Waals surface area contributed by atoms with Crippen LogP contribution in [0.2, 0.25) is 0 Å². The lowest BCUT2D eigenvalue weighted by molar-refractivity contribution is -0.116. The Morgan fingerprint density at radius 1 is 1.05 bits per heavy atom. The highest BCUT2D eigenvalue weighted by atomic mass is 16.2. The molecule has 106 valence electrons. The molecular formula is C16H15N3O2. The number of rotatable bonds is 5. The Kier molecular flexibility index (Phi) is 5.23. The number of carbonyl (C=O) groups is 2. The molecule has 0 radical (unpaired) electrons. The van der Waals surface area contributed by atoms with Gasteiger partial charge in [-0.3, -0.25) is 14.6 Å². The summed E-state index contributed by atoms with van der Waals surface area (Å²) in [5.74, 6) is -0.514. The Labute approximate surface area is 122 Å². The summed E-state index contributed by atoms with van der Waals surface area (Å²) in [4.78, 5) is 27.2. The fraction of sp³-hybridized carbons (Fsp3) is 0.0625. The van der Waals surface area contributed by atoms with Crippen molar-refractivity contribution >= 4 is 17.9 Å². The molecule has 0 aliphatic rings. The summed E-state index contributed by atoms with van der Waals surface area (Å²) in [5.41, 5.74) is 1.39. The van der Waals surface area contributed by atoms with Crippen molar-refractivity contribution in [2.24, 2.45) is 0 Å². The van der Waals surface area contributed by atoms with Gasteiger partial charge in [-0.05, 0) is 29.8 Å². The maximum Gasteiger partial charge on any atom is 0.252 e. The topological polar surface area (TPSA) is 71.1 Å². The number of carbonyl (C=O) groups excluding carboxylic acids is 2. The molecule has 2 N–H and O–H groups in total. The van der Waals surface area contributed by atoms with E-state index in [1.54, 1.807) is 48.8 Å². The zero-order valence-corrected chi connectivity index (χ0v) is 11.3. The molecule has 5 nitrogen and oxygen atoms in total. The minimum Gasteiger partial charge on any atom is -0.335 e. The molecule has 0 spiro atoms. The first kappa shape index (κ1) is 14.5. The monoisotopic (exact) mass is 281 g/mol. The lowest BCUT2D eigenvalue weighted by atomic mass is 10.2. The van der Waals surface area contributed by atoms with Crippen LogP contribution in [0.25, 0.3) is 6.08 Å². The van der Waals surface area contributed by atoms with Gasteiger partial charge >= 0.3 is 0 Å². The molecule has 0 saturated heterocycles. The number of hydrogen-bond acceptors (Lipinski definition) is 3. The largest absolute Gasteiger partial charge is 0.335 e. The lowest BCUT2D eigenvalue weighted by Gasteiger charge is -2.05. The van der Waals surface area contributed by atoms with Gasteiger partial charge in [0.05, 0.1) is 6.67 Å². The maximum atomic E-state index is 11.7. The molecule has 2 amide bonds. The van der Waals surface area contributed by atoms with Gasteiger partial charge in [0.25, 0.3) is 5.91 Å². The van der Waals surface area contributed by atoms with Crippen LogP contribution in [-0.4, -0.2) is 23.5 Å². The van der Waals surface area contributed by atoms with Crippen LogP contribution >= 0.6 is 0 Å². The summed E-state index contributed by atoms with van der Waals surface area (Å²) in [6.07, 6.45) is 6.37. The third-order valence-corrected chi connectivity index (χ3v) is 2.66. The number of pyridine rings is 1. The minimum atomic E-state index is -0.285. The van der Waals surface area contributed by atoms with Gasteiger partial charge in [0.15, 0.2) is 0 Å². The van der Waals surface area contributed by atoms with Crippen molar-refractivity contribution in [3.05, 3.63) is 72.1 Å². The minimum absolute atomic E-state index is 0.0734. The summed E-state index contributed by atoms with van der Waals surface area (Å²) in [6, 6.07) is 12.4. The van der Waals surface area contributed by atoms with E-state index in [0.29, 0.717) is 5.56 Å². The second-order valence-corrected chi connectivity index (χ2v) is 4.21. The molecule has 0 aliphatic heterocycles. The number of nitrogens with zero attached hydrogens (tertiary/aromatic N) is 1. The molecule has 0 saturated carbocycles. The fourth-order valence-electron chi connectivity index (χ4n) is 1.61. The zero-order chi connectivity index (χ0) is 14.9. The molecule has 21 heavy (non-hydrogen) atoms. The Bertz CT molecular complexity index is 624. The normalized spacial score (nSPS) is 10.3. The summed E-state index contributed by atoms with van der Waals surface area (Å²) < 4.78 is 0. The Balaban J connectivity index is 1.75. The average molecular weight is 281 g/mol. The van der Waals surface area contributed by atoms with Crippen molar-refractivity contribution in [1.29, 1.82) is 0 Å². The smallest absolute Gasteiger partial charge is 0.252 e. The molecule has 1 heterocycles. The third-order valence-electron chi connectivity index (χ3n) is 2.66. The first-order valence-corrected chi connectivity index (χ1v) is 6.45. The molecular weight excluding hydrogens is 266 g/mol. The molecule has 0 atom stereocenters. The van der Waals surface area contributed by atoms with E-state index in [-0.39, 0.29) is 18.5 Å². The molecule has 2 aromatic rings. The molecule has 1 aromatic heterocycles. The first-order valence-electron chi connectivity index (χ1n) is 6.45. The number of nitrogens with one attached hydrogen (secondary N) is 2. The standard InChI is InChI=1S/C16H15N3O2/c20-15(9-8-13-5-4-10-17-11-13)18-12-19-16(21)14-6-2-1-3-7-14/h1-11H,12H2,(H,18,20)(H,19,21). The quantitative estimate of drug-likeness (QED) is 0.646. The van der Waals surface area contributed by atoms with Crippen LogP contribution in [-0.2, 0) is 4.79 Å². The van der Waals surface area contributed by atoms with Gasteiger partial charge in [0, 0.05) is 24.0 Å². The van der Waals surface area contributed by atoms with Crippen LogP contribution in [0.1, 0.15) is 15.9 Å². The highest BCUT2D eigenvalue weighted by Crippen LogP contribution is 1.98. The molecule has 0 aliphatic carbocycles. The average Bonchev–Trinajstić information content (AvgIpc) is 2.54. The molecule has 0 unspecified atom stereocenters. The molecule has 0 bridgehead atoms. The predicted octanol–water partition coefficient (Wildman–Crippen LogP) is 1.60. The lowest BCUT2D eigenvalue weighted by Crippen LogP contribution is -2.36. The van der Waals surface area contributed by atoms with E-state index < -0.39 is 0 Å². The van der Waals surface area contributed by atoms with Crippen LogP contribution in [0, 0.1) is 0 Å². The number of amides is 2. The summed E-state index contributed by atoms with van der Waals surface area (Å²) in [5, 5.41) is 5.19. The highest BCUT2D eigenvalue weighted by molar-refractivity contribution is 5.95. The van der Waals surface area contributed by atoms with E-state index in [2.05, 4.69) is 15.6 Å². The Morgan fingerprint density at radius 3 is 2.57 bits per heavy atom. The second-order valence-electron chi connectivity index (χ2n) is 4.21. The highest BCUT2D eigenvalue weighted by Gasteiger charge is 2.03. The van der Waals surface area contributed by atoms with Crippen LogP contribution in [0.4, 0.5) is 0 Å². The van der Waals surface area contributed by atoms with E-state index in [1.165, 1.54) is 6.08 Å². The SMILES string of the molecule is O=C(C=Cc1cccnc1)NCNC(=O)c1ccccc1. The number of aromatic nitrogens is 1. The van der Waals surface area contributed by atoms with Crippen LogP contribution in [0.15, 0.2) is 60.9 Å². The Morgan fingerprint density at radius 2 is 1.86 bits per heavy atom. The Hall–Kier alpha value is -2.95. The molecule has 0 fully saturated rings. The van der Waals surface area contributed by atoms with Crippen molar-refractivity contribution in [3.63, 3.8) is 0 Å². The van der Waals surface area contributed by atoms with Gasteiger partial charge in [-0.15, -0.1) is 0 Å². The number of benzene rings is 1. The van der Waals surface area contributed by atoms with Gasteiger partial charge in [-0.1, -0.05) is 24.3 Å². The molecule has 1 aromatic carbocycles. The van der Waals surface area contributed by atoms with Crippen molar-refractivity contribution < 1.29 is 9.59 Å². The molecule has 2 rings (SSSR count). The van der Waals surface area contributed by atoms with Crippen molar-refractivity contribution in [1.82, 2.24) is 15.6 Å². The van der Waals surface area contributed by atoms with Crippen LogP contribution < -0.4 is 10.6 Å². The van der Waals surface area contributed by atoms with Crippen LogP contribution in [0.3, 0.4) is 0 Å². The number of hydrogen-bond donors (Lipinski definition) is 2. The van der Waals surface area contributed by atoms with Crippen molar-refractivity contribution in [2.75, 3.05) is 6.67 Å². The second kappa shape index (κ2) is 7.59. The van der Waals surface area contributed by atoms with Gasteiger partial charge in [0.1, 0.15) is 0 Å².